The molecular formula is C20H21NP+. The number of aryl methyl sites for hydroxylation is 1. The van der Waals surface area contributed by atoms with Gasteiger partial charge in [-0.15, -0.1) is 0 Å². The lowest BCUT2D eigenvalue weighted by atomic mass is 10.2. The summed E-state index contributed by atoms with van der Waals surface area (Å²) < 4.78 is 0. The summed E-state index contributed by atoms with van der Waals surface area (Å²) in [7, 11) is -1.46. The van der Waals surface area contributed by atoms with Crippen LogP contribution in [0.4, 0.5) is 0 Å². The maximum atomic E-state index is 4.33. The number of benzene rings is 2. The molecule has 2 heteroatoms. The Kier molecular flexibility index (Phi) is 4.36. The molecule has 3 aromatic rings. The Labute approximate surface area is 133 Å². The molecule has 1 heterocycles. The van der Waals surface area contributed by atoms with E-state index in [2.05, 4.69) is 85.3 Å². The Hall–Kier alpha value is -1.98. The zero-order chi connectivity index (χ0) is 15.4. The molecule has 0 atom stereocenters. The van der Waals surface area contributed by atoms with Crippen LogP contribution < -0.4 is 10.6 Å². The predicted molar refractivity (Wildman–Crippen MR) is 97.7 cm³/mol. The molecule has 110 valence electrons. The molecule has 0 N–H and O–H groups in total. The highest BCUT2D eigenvalue weighted by Gasteiger charge is 2.37. The van der Waals surface area contributed by atoms with E-state index in [0.717, 1.165) is 6.16 Å². The molecule has 0 aliphatic heterocycles. The third-order valence-electron chi connectivity index (χ3n) is 4.29. The highest BCUT2D eigenvalue weighted by Crippen LogP contribution is 2.55. The summed E-state index contributed by atoms with van der Waals surface area (Å²) >= 11 is 0. The molecule has 3 rings (SSSR count). The van der Waals surface area contributed by atoms with E-state index in [4.69, 9.17) is 0 Å². The summed E-state index contributed by atoms with van der Waals surface area (Å²) in [6, 6.07) is 24.0. The van der Waals surface area contributed by atoms with Gasteiger partial charge in [0.2, 0.25) is 0 Å². The van der Waals surface area contributed by atoms with Crippen LogP contribution in [0.15, 0.2) is 79.1 Å². The van der Waals surface area contributed by atoms with Crippen LogP contribution in [0.25, 0.3) is 0 Å². The first-order valence-electron chi connectivity index (χ1n) is 7.56. The fraction of sp³-hybridized carbons (Fsp3) is 0.150. The Morgan fingerprint density at radius 3 is 1.86 bits per heavy atom. The van der Waals surface area contributed by atoms with Crippen molar-refractivity contribution in [1.29, 1.82) is 0 Å². The molecule has 0 saturated heterocycles. The van der Waals surface area contributed by atoms with Gasteiger partial charge in [-0.05, 0) is 42.8 Å². The lowest BCUT2D eigenvalue weighted by molar-refractivity contribution is 1.19. The highest BCUT2D eigenvalue weighted by atomic mass is 31.2. The third kappa shape index (κ3) is 2.96. The fourth-order valence-corrected chi connectivity index (χ4v) is 6.18. The molecule has 0 amide bonds. The number of hydrogen-bond acceptors (Lipinski definition) is 1. The molecule has 22 heavy (non-hydrogen) atoms. The van der Waals surface area contributed by atoms with Crippen LogP contribution in [0.3, 0.4) is 0 Å². The lowest BCUT2D eigenvalue weighted by Crippen LogP contribution is -2.23. The normalized spacial score (nSPS) is 11.4. The molecule has 0 fully saturated rings. The van der Waals surface area contributed by atoms with Crippen LogP contribution in [-0.2, 0) is 6.16 Å². The summed E-state index contributed by atoms with van der Waals surface area (Å²) in [4.78, 5) is 4.33. The van der Waals surface area contributed by atoms with Gasteiger partial charge in [0.15, 0.2) is 0 Å². The Balaban J connectivity index is 2.10. The topological polar surface area (TPSA) is 12.9 Å². The molecule has 0 unspecified atom stereocenters. The second kappa shape index (κ2) is 6.42. The minimum absolute atomic E-state index is 1.06. The van der Waals surface area contributed by atoms with E-state index < -0.39 is 7.26 Å². The highest BCUT2D eigenvalue weighted by molar-refractivity contribution is 7.88. The molecular weight excluding hydrogens is 285 g/mol. The van der Waals surface area contributed by atoms with E-state index in [1.165, 1.54) is 21.7 Å². The van der Waals surface area contributed by atoms with Crippen LogP contribution in [-0.4, -0.2) is 11.6 Å². The van der Waals surface area contributed by atoms with Crippen molar-refractivity contribution in [3.8, 4) is 0 Å². The van der Waals surface area contributed by atoms with Gasteiger partial charge < -0.3 is 0 Å². The average Bonchev–Trinajstić information content (AvgIpc) is 2.58. The van der Waals surface area contributed by atoms with Gasteiger partial charge in [0, 0.05) is 18.0 Å². The van der Waals surface area contributed by atoms with E-state index >= 15 is 0 Å². The van der Waals surface area contributed by atoms with Crippen molar-refractivity contribution in [1.82, 2.24) is 4.98 Å². The number of hydrogen-bond donors (Lipinski definition) is 0. The smallest absolute Gasteiger partial charge is 0.0992 e. The first kappa shape index (κ1) is 14.9. The van der Waals surface area contributed by atoms with Gasteiger partial charge in [-0.3, -0.25) is 4.98 Å². The summed E-state index contributed by atoms with van der Waals surface area (Å²) in [5.74, 6) is 0. The largest absolute Gasteiger partial charge is 0.264 e. The summed E-state index contributed by atoms with van der Waals surface area (Å²) in [6.07, 6.45) is 4.96. The summed E-state index contributed by atoms with van der Waals surface area (Å²) in [6.45, 7) is 4.61. The Morgan fingerprint density at radius 2 is 1.36 bits per heavy atom. The number of rotatable bonds is 4. The molecule has 2 aromatic carbocycles. The van der Waals surface area contributed by atoms with E-state index in [0.29, 0.717) is 0 Å². The predicted octanol–water partition coefficient (Wildman–Crippen LogP) is 4.19. The summed E-state index contributed by atoms with van der Waals surface area (Å²) in [5, 5.41) is 2.90. The molecule has 0 radical (unpaired) electrons. The first-order chi connectivity index (χ1) is 10.7. The van der Waals surface area contributed by atoms with Crippen LogP contribution in [0.2, 0.25) is 0 Å². The molecule has 1 nitrogen and oxygen atoms in total. The van der Waals surface area contributed by atoms with Crippen molar-refractivity contribution in [2.75, 3.05) is 6.66 Å². The minimum atomic E-state index is -1.46. The molecule has 0 saturated carbocycles. The maximum absolute atomic E-state index is 4.33. The molecule has 1 aromatic heterocycles. The van der Waals surface area contributed by atoms with Crippen molar-refractivity contribution in [3.63, 3.8) is 0 Å². The quantitative estimate of drug-likeness (QED) is 0.659. The van der Waals surface area contributed by atoms with Crippen molar-refractivity contribution < 1.29 is 0 Å². The zero-order valence-corrected chi connectivity index (χ0v) is 14.0. The van der Waals surface area contributed by atoms with Crippen LogP contribution in [0, 0.1) is 6.92 Å². The van der Waals surface area contributed by atoms with Gasteiger partial charge in [0.05, 0.1) is 30.7 Å². The average molecular weight is 306 g/mol. The molecule has 0 aliphatic carbocycles. The van der Waals surface area contributed by atoms with Crippen molar-refractivity contribution in [3.05, 3.63) is 90.3 Å². The van der Waals surface area contributed by atoms with Gasteiger partial charge in [-0.25, -0.2) is 0 Å². The van der Waals surface area contributed by atoms with E-state index in [1.807, 2.05) is 12.4 Å². The SMILES string of the molecule is Cc1ccncc1C[P+](C)(c1ccccc1)c1ccccc1. The summed E-state index contributed by atoms with van der Waals surface area (Å²) in [5.41, 5.74) is 2.68. The molecule has 0 bridgehead atoms. The first-order valence-corrected chi connectivity index (χ1v) is 9.98. The van der Waals surface area contributed by atoms with E-state index in [1.54, 1.807) is 0 Å². The van der Waals surface area contributed by atoms with Gasteiger partial charge in [0.25, 0.3) is 0 Å². The molecule has 0 aliphatic rings. The van der Waals surface area contributed by atoms with Gasteiger partial charge in [0.1, 0.15) is 0 Å². The maximum Gasteiger partial charge on any atom is 0.0992 e. The number of nitrogens with zero attached hydrogens (tertiary/aromatic N) is 1. The second-order valence-corrected chi connectivity index (χ2v) is 9.55. The third-order valence-corrected chi connectivity index (χ3v) is 8.14. The van der Waals surface area contributed by atoms with Gasteiger partial charge in [-0.1, -0.05) is 36.4 Å². The minimum Gasteiger partial charge on any atom is -0.264 e. The fourth-order valence-electron chi connectivity index (χ4n) is 2.85. The van der Waals surface area contributed by atoms with Crippen molar-refractivity contribution >= 4 is 17.9 Å². The van der Waals surface area contributed by atoms with E-state index in [-0.39, 0.29) is 0 Å². The Bertz CT molecular complexity index is 698. The van der Waals surface area contributed by atoms with Gasteiger partial charge >= 0.3 is 0 Å². The van der Waals surface area contributed by atoms with Crippen LogP contribution >= 0.6 is 7.26 Å². The van der Waals surface area contributed by atoms with Crippen molar-refractivity contribution in [2.45, 2.75) is 13.1 Å². The van der Waals surface area contributed by atoms with Crippen LogP contribution in [0.1, 0.15) is 11.1 Å². The van der Waals surface area contributed by atoms with E-state index in [9.17, 15) is 0 Å². The zero-order valence-electron chi connectivity index (χ0n) is 13.1. The number of aromatic nitrogens is 1. The standard InChI is InChI=1S/C20H21NP/c1-17-13-14-21-15-18(17)16-22(2,19-9-5-3-6-10-19)20-11-7-4-8-12-20/h3-15H,16H2,1-2H3/q+1. The Morgan fingerprint density at radius 1 is 0.818 bits per heavy atom. The monoisotopic (exact) mass is 306 g/mol. The lowest BCUT2D eigenvalue weighted by Gasteiger charge is -2.23. The van der Waals surface area contributed by atoms with Crippen molar-refractivity contribution in [2.24, 2.45) is 0 Å². The number of pyridine rings is 1. The molecule has 0 spiro atoms. The van der Waals surface area contributed by atoms with Gasteiger partial charge in [-0.2, -0.15) is 0 Å². The van der Waals surface area contributed by atoms with Crippen LogP contribution in [0.5, 0.6) is 0 Å². The second-order valence-electron chi connectivity index (χ2n) is 5.82.